The van der Waals surface area contributed by atoms with Gasteiger partial charge in [0.1, 0.15) is 11.6 Å². The van der Waals surface area contributed by atoms with Crippen molar-refractivity contribution in [1.82, 2.24) is 4.98 Å². The number of hydrogen-bond donors (Lipinski definition) is 1. The predicted octanol–water partition coefficient (Wildman–Crippen LogP) is 5.44. The van der Waals surface area contributed by atoms with Gasteiger partial charge in [-0.2, -0.15) is 0 Å². The first-order chi connectivity index (χ1) is 15.9. The molecule has 0 aliphatic carbocycles. The van der Waals surface area contributed by atoms with E-state index in [0.717, 1.165) is 17.7 Å². The number of benzene rings is 2. The van der Waals surface area contributed by atoms with Crippen molar-refractivity contribution in [3.63, 3.8) is 0 Å². The highest BCUT2D eigenvalue weighted by molar-refractivity contribution is 7.09. The second kappa shape index (κ2) is 11.7. The first-order valence-corrected chi connectivity index (χ1v) is 11.6. The van der Waals surface area contributed by atoms with Gasteiger partial charge in [-0.05, 0) is 37.1 Å². The minimum atomic E-state index is -0.566. The summed E-state index contributed by atoms with van der Waals surface area (Å²) in [4.78, 5) is 29.2. The van der Waals surface area contributed by atoms with Gasteiger partial charge in [-0.3, -0.25) is 4.79 Å². The van der Waals surface area contributed by atoms with E-state index in [1.54, 1.807) is 5.38 Å². The maximum atomic E-state index is 12.5. The fraction of sp³-hybridized carbons (Fsp3) is 0.292. The third-order valence-electron chi connectivity index (χ3n) is 4.60. The number of aryl methyl sites for hydroxylation is 1. The monoisotopic (exact) mass is 488 g/mol. The number of carbonyl (C=O) groups is 2. The topological polar surface area (TPSA) is 86.8 Å². The van der Waals surface area contributed by atoms with Crippen LogP contribution in [-0.4, -0.2) is 30.6 Å². The number of carbonyl (C=O) groups excluding carboxylic acids is 2. The minimum Gasteiger partial charge on any atom is -0.493 e. The van der Waals surface area contributed by atoms with Gasteiger partial charge < -0.3 is 19.5 Å². The first-order valence-electron chi connectivity index (χ1n) is 10.4. The molecule has 3 rings (SSSR count). The summed E-state index contributed by atoms with van der Waals surface area (Å²) in [5.74, 6) is 0.0302. The summed E-state index contributed by atoms with van der Waals surface area (Å²) < 4.78 is 16.3. The van der Waals surface area contributed by atoms with Gasteiger partial charge in [0.15, 0.2) is 11.5 Å². The molecule has 1 amide bonds. The van der Waals surface area contributed by atoms with Gasteiger partial charge in [-0.15, -0.1) is 11.3 Å². The first kappa shape index (κ1) is 24.5. The van der Waals surface area contributed by atoms with Gasteiger partial charge in [-0.1, -0.05) is 36.7 Å². The fourth-order valence-electron chi connectivity index (χ4n) is 2.95. The molecule has 0 saturated carbocycles. The summed E-state index contributed by atoms with van der Waals surface area (Å²) in [5.41, 5.74) is 2.56. The van der Waals surface area contributed by atoms with Crippen molar-refractivity contribution >= 4 is 40.5 Å². The van der Waals surface area contributed by atoms with Crippen LogP contribution in [-0.2, 0) is 22.6 Å². The number of thiazole rings is 1. The van der Waals surface area contributed by atoms with Crippen molar-refractivity contribution in [3.05, 3.63) is 68.6 Å². The number of halogens is 1. The third-order valence-corrected chi connectivity index (χ3v) is 5.78. The van der Waals surface area contributed by atoms with Crippen LogP contribution >= 0.6 is 22.9 Å². The Kier molecular flexibility index (Phi) is 8.68. The molecule has 9 heteroatoms. The highest BCUT2D eigenvalue weighted by Crippen LogP contribution is 2.36. The maximum absolute atomic E-state index is 12.5. The van der Waals surface area contributed by atoms with Crippen LogP contribution in [0.2, 0.25) is 5.02 Å². The summed E-state index contributed by atoms with van der Waals surface area (Å²) in [7, 11) is 1.48. The van der Waals surface area contributed by atoms with Crippen LogP contribution in [0.3, 0.4) is 0 Å². The van der Waals surface area contributed by atoms with E-state index in [4.69, 9.17) is 25.8 Å². The molecule has 0 saturated heterocycles. The molecule has 0 radical (unpaired) electrons. The number of para-hydroxylation sites is 1. The van der Waals surface area contributed by atoms with Crippen molar-refractivity contribution in [3.8, 4) is 11.5 Å². The maximum Gasteiger partial charge on any atom is 0.338 e. The zero-order valence-corrected chi connectivity index (χ0v) is 20.2. The molecule has 2 aromatic carbocycles. The lowest BCUT2D eigenvalue weighted by molar-refractivity contribution is -0.115. The largest absolute Gasteiger partial charge is 0.493 e. The Morgan fingerprint density at radius 1 is 1.21 bits per heavy atom. The van der Waals surface area contributed by atoms with Gasteiger partial charge in [0.2, 0.25) is 5.91 Å². The molecule has 0 aliphatic heterocycles. The summed E-state index contributed by atoms with van der Waals surface area (Å²) in [6.45, 7) is 4.37. The predicted molar refractivity (Wildman–Crippen MR) is 129 cm³/mol. The number of methoxy groups -OCH3 is 1. The van der Waals surface area contributed by atoms with E-state index >= 15 is 0 Å². The van der Waals surface area contributed by atoms with Crippen LogP contribution in [0.15, 0.2) is 41.8 Å². The molecule has 0 spiro atoms. The number of aromatic nitrogens is 1. The molecular formula is C24H25ClN2O5S. The Hall–Kier alpha value is -3.10. The lowest BCUT2D eigenvalue weighted by Gasteiger charge is -2.13. The number of hydrogen-bond acceptors (Lipinski definition) is 7. The van der Waals surface area contributed by atoms with Crippen molar-refractivity contribution in [2.24, 2.45) is 0 Å². The van der Waals surface area contributed by atoms with Crippen LogP contribution in [0.5, 0.6) is 11.5 Å². The fourth-order valence-corrected chi connectivity index (χ4v) is 3.99. The SMILES string of the molecule is CCCOc1c(Cl)cc(C(=O)OCc2csc(CC(=O)Nc3ccccc3C)n2)cc1OC. The van der Waals surface area contributed by atoms with E-state index in [-0.39, 0.29) is 29.5 Å². The molecule has 0 bridgehead atoms. The van der Waals surface area contributed by atoms with E-state index in [0.29, 0.717) is 28.8 Å². The summed E-state index contributed by atoms with van der Waals surface area (Å²) in [5, 5.41) is 5.55. The number of rotatable bonds is 10. The number of anilines is 1. The summed E-state index contributed by atoms with van der Waals surface area (Å²) >= 11 is 7.61. The van der Waals surface area contributed by atoms with E-state index in [1.165, 1.54) is 30.6 Å². The Labute approximate surface area is 201 Å². The molecular weight excluding hydrogens is 464 g/mol. The lowest BCUT2D eigenvalue weighted by atomic mass is 10.2. The zero-order valence-electron chi connectivity index (χ0n) is 18.6. The highest BCUT2D eigenvalue weighted by Gasteiger charge is 2.18. The van der Waals surface area contributed by atoms with Crippen molar-refractivity contribution in [2.75, 3.05) is 19.0 Å². The molecule has 0 unspecified atom stereocenters. The molecule has 3 aromatic rings. The molecule has 174 valence electrons. The number of ether oxygens (including phenoxy) is 3. The number of amides is 1. The van der Waals surface area contributed by atoms with E-state index in [2.05, 4.69) is 10.3 Å². The Morgan fingerprint density at radius 2 is 2.00 bits per heavy atom. The number of nitrogens with zero attached hydrogens (tertiary/aromatic N) is 1. The van der Waals surface area contributed by atoms with Gasteiger partial charge >= 0.3 is 5.97 Å². The Balaban J connectivity index is 1.57. The molecule has 7 nitrogen and oxygen atoms in total. The normalized spacial score (nSPS) is 10.5. The molecule has 1 heterocycles. The van der Waals surface area contributed by atoms with Crippen LogP contribution in [0.4, 0.5) is 5.69 Å². The van der Waals surface area contributed by atoms with Crippen molar-refractivity contribution in [2.45, 2.75) is 33.3 Å². The van der Waals surface area contributed by atoms with E-state index < -0.39 is 5.97 Å². The molecule has 1 N–H and O–H groups in total. The molecule has 0 aliphatic rings. The average Bonchev–Trinajstić information content (AvgIpc) is 3.24. The van der Waals surface area contributed by atoms with Crippen LogP contribution < -0.4 is 14.8 Å². The second-order valence-corrected chi connectivity index (χ2v) is 8.54. The van der Waals surface area contributed by atoms with Gasteiger partial charge in [-0.25, -0.2) is 9.78 Å². The Bertz CT molecular complexity index is 1130. The molecule has 0 fully saturated rings. The molecule has 1 aromatic heterocycles. The summed E-state index contributed by atoms with van der Waals surface area (Å²) in [6.07, 6.45) is 0.950. The van der Waals surface area contributed by atoms with Gasteiger partial charge in [0.25, 0.3) is 0 Å². The highest BCUT2D eigenvalue weighted by atomic mass is 35.5. The molecule has 0 atom stereocenters. The van der Waals surface area contributed by atoms with Gasteiger partial charge in [0, 0.05) is 11.1 Å². The summed E-state index contributed by atoms with van der Waals surface area (Å²) in [6, 6.07) is 10.6. The van der Waals surface area contributed by atoms with Crippen LogP contribution in [0.25, 0.3) is 0 Å². The third kappa shape index (κ3) is 6.69. The number of esters is 1. The van der Waals surface area contributed by atoms with Gasteiger partial charge in [0.05, 0.1) is 36.4 Å². The minimum absolute atomic E-state index is 0.0250. The van der Waals surface area contributed by atoms with Crippen LogP contribution in [0, 0.1) is 6.92 Å². The van der Waals surface area contributed by atoms with E-state index in [1.807, 2.05) is 38.1 Å². The smallest absolute Gasteiger partial charge is 0.338 e. The van der Waals surface area contributed by atoms with E-state index in [9.17, 15) is 9.59 Å². The van der Waals surface area contributed by atoms with Crippen LogP contribution in [0.1, 0.15) is 40.0 Å². The standard InChI is InChI=1S/C24H25ClN2O5S/c1-4-9-31-23-18(25)10-16(11-20(23)30-3)24(29)32-13-17-14-33-22(26-17)12-21(28)27-19-8-6-5-7-15(19)2/h5-8,10-11,14H,4,9,12-13H2,1-3H3,(H,27,28). The second-order valence-electron chi connectivity index (χ2n) is 7.19. The Morgan fingerprint density at radius 3 is 2.73 bits per heavy atom. The number of nitrogens with one attached hydrogen (secondary N) is 1. The average molecular weight is 489 g/mol. The quantitative estimate of drug-likeness (QED) is 0.382. The van der Waals surface area contributed by atoms with Crippen molar-refractivity contribution in [1.29, 1.82) is 0 Å². The lowest BCUT2D eigenvalue weighted by Crippen LogP contribution is -2.15. The zero-order chi connectivity index (χ0) is 23.8. The van der Waals surface area contributed by atoms with Crippen molar-refractivity contribution < 1.29 is 23.8 Å². The molecule has 33 heavy (non-hydrogen) atoms.